The van der Waals surface area contributed by atoms with Crippen molar-refractivity contribution in [3.8, 4) is 34.5 Å². The summed E-state index contributed by atoms with van der Waals surface area (Å²) in [7, 11) is 6.34. The minimum atomic E-state index is 0.104. The van der Waals surface area contributed by atoms with Gasteiger partial charge in [0.15, 0.2) is 23.0 Å². The quantitative estimate of drug-likeness (QED) is 0.305. The third-order valence-corrected chi connectivity index (χ3v) is 5.61. The summed E-state index contributed by atoms with van der Waals surface area (Å²) in [4.78, 5) is 17.0. The Balaban J connectivity index is 1.45. The fraction of sp³-hybridized carbons (Fsp3) is 0.214. The van der Waals surface area contributed by atoms with Crippen LogP contribution in [-0.4, -0.2) is 39.2 Å². The van der Waals surface area contributed by atoms with Crippen LogP contribution in [0.2, 0.25) is 0 Å². The molecule has 0 saturated carbocycles. The van der Waals surface area contributed by atoms with Gasteiger partial charge in [0.25, 0.3) is 0 Å². The van der Waals surface area contributed by atoms with Crippen LogP contribution in [0, 0.1) is 0 Å². The molecular formula is C28H27NO6. The summed E-state index contributed by atoms with van der Waals surface area (Å²) in [6.07, 6.45) is 2.32. The van der Waals surface area contributed by atoms with E-state index in [4.69, 9.17) is 23.7 Å². The number of carbonyl (C=O) groups excluding carboxylic acids is 1. The molecule has 1 aromatic heterocycles. The van der Waals surface area contributed by atoms with Crippen LogP contribution in [0.4, 0.5) is 0 Å². The zero-order valence-corrected chi connectivity index (χ0v) is 20.2. The number of aromatic nitrogens is 1. The third-order valence-electron chi connectivity index (χ3n) is 5.61. The Hall–Kier alpha value is -4.26. The molecule has 0 aliphatic heterocycles. The lowest BCUT2D eigenvalue weighted by molar-refractivity contribution is -0.117. The summed E-state index contributed by atoms with van der Waals surface area (Å²) in [6.45, 7) is 0. The second-order valence-corrected chi connectivity index (χ2v) is 7.86. The highest BCUT2D eigenvalue weighted by molar-refractivity contribution is 5.88. The van der Waals surface area contributed by atoms with Crippen molar-refractivity contribution in [1.29, 1.82) is 0 Å². The molecule has 0 amide bonds. The number of hydrogen-bond donors (Lipinski definition) is 0. The first-order valence-electron chi connectivity index (χ1n) is 11.0. The lowest BCUT2D eigenvalue weighted by Crippen LogP contribution is -2.07. The van der Waals surface area contributed by atoms with Gasteiger partial charge in [0, 0.05) is 30.5 Å². The van der Waals surface area contributed by atoms with Gasteiger partial charge in [-0.05, 0) is 47.5 Å². The molecule has 0 N–H and O–H groups in total. The van der Waals surface area contributed by atoms with Gasteiger partial charge in [0.2, 0.25) is 0 Å². The maximum absolute atomic E-state index is 12.6. The average Bonchev–Trinajstić information content (AvgIpc) is 2.89. The molecule has 0 atom stereocenters. The molecule has 0 aliphatic carbocycles. The SMILES string of the molecule is COc1ccc(CC(=O)Cc2ccc(Oc3ccnc4cc(OC)c(OC)cc34)cc2)cc1OC. The summed E-state index contributed by atoms with van der Waals surface area (Å²) in [5, 5.41) is 0.805. The lowest BCUT2D eigenvalue weighted by Gasteiger charge is -2.12. The molecule has 7 heteroatoms. The normalized spacial score (nSPS) is 10.6. The number of carbonyl (C=O) groups is 1. The van der Waals surface area contributed by atoms with E-state index in [-0.39, 0.29) is 5.78 Å². The Labute approximate surface area is 204 Å². The largest absolute Gasteiger partial charge is 0.493 e. The summed E-state index contributed by atoms with van der Waals surface area (Å²) >= 11 is 0. The van der Waals surface area contributed by atoms with E-state index in [0.29, 0.717) is 47.3 Å². The van der Waals surface area contributed by atoms with E-state index in [1.165, 1.54) is 0 Å². The summed E-state index contributed by atoms with van der Waals surface area (Å²) in [5.41, 5.74) is 2.52. The topological polar surface area (TPSA) is 76.1 Å². The van der Waals surface area contributed by atoms with Crippen LogP contribution in [0.3, 0.4) is 0 Å². The van der Waals surface area contributed by atoms with Crippen molar-refractivity contribution in [2.24, 2.45) is 0 Å². The van der Waals surface area contributed by atoms with Gasteiger partial charge in [-0.25, -0.2) is 0 Å². The van der Waals surface area contributed by atoms with Crippen LogP contribution in [0.1, 0.15) is 11.1 Å². The maximum atomic E-state index is 12.6. The number of methoxy groups -OCH3 is 4. The van der Waals surface area contributed by atoms with Gasteiger partial charge in [-0.15, -0.1) is 0 Å². The van der Waals surface area contributed by atoms with Crippen LogP contribution in [0.15, 0.2) is 66.9 Å². The highest BCUT2D eigenvalue weighted by Gasteiger charge is 2.12. The smallest absolute Gasteiger partial charge is 0.162 e. The van der Waals surface area contributed by atoms with E-state index in [1.807, 2.05) is 54.6 Å². The molecular weight excluding hydrogens is 446 g/mol. The molecule has 4 aromatic rings. The van der Waals surface area contributed by atoms with Gasteiger partial charge in [-0.2, -0.15) is 0 Å². The van der Waals surface area contributed by atoms with Crippen LogP contribution >= 0.6 is 0 Å². The highest BCUT2D eigenvalue weighted by atomic mass is 16.5. The van der Waals surface area contributed by atoms with E-state index in [2.05, 4.69) is 4.98 Å². The number of hydrogen-bond acceptors (Lipinski definition) is 7. The van der Waals surface area contributed by atoms with Crippen molar-refractivity contribution in [2.45, 2.75) is 12.8 Å². The van der Waals surface area contributed by atoms with Crippen molar-refractivity contribution < 1.29 is 28.5 Å². The number of ketones is 1. The zero-order chi connectivity index (χ0) is 24.8. The molecule has 0 fully saturated rings. The van der Waals surface area contributed by atoms with Crippen molar-refractivity contribution in [3.63, 3.8) is 0 Å². The monoisotopic (exact) mass is 473 g/mol. The first-order chi connectivity index (χ1) is 17.0. The average molecular weight is 474 g/mol. The molecule has 0 unspecified atom stereocenters. The van der Waals surface area contributed by atoms with Crippen molar-refractivity contribution in [1.82, 2.24) is 4.98 Å². The Bertz CT molecular complexity index is 1330. The van der Waals surface area contributed by atoms with Gasteiger partial charge in [-0.1, -0.05) is 18.2 Å². The molecule has 1 heterocycles. The van der Waals surface area contributed by atoms with Crippen LogP contribution in [0.5, 0.6) is 34.5 Å². The lowest BCUT2D eigenvalue weighted by atomic mass is 10.0. The van der Waals surface area contributed by atoms with E-state index >= 15 is 0 Å². The van der Waals surface area contributed by atoms with E-state index in [9.17, 15) is 4.79 Å². The molecule has 0 aliphatic rings. The molecule has 0 bridgehead atoms. The van der Waals surface area contributed by atoms with Crippen molar-refractivity contribution in [2.75, 3.05) is 28.4 Å². The minimum Gasteiger partial charge on any atom is -0.493 e. The number of nitrogens with zero attached hydrogens (tertiary/aromatic N) is 1. The zero-order valence-electron chi connectivity index (χ0n) is 20.2. The fourth-order valence-electron chi connectivity index (χ4n) is 3.85. The number of rotatable bonds is 10. The molecule has 0 saturated heterocycles. The minimum absolute atomic E-state index is 0.104. The first kappa shape index (κ1) is 23.9. The van der Waals surface area contributed by atoms with Crippen LogP contribution < -0.4 is 23.7 Å². The third kappa shape index (κ3) is 5.46. The standard InChI is InChI=1S/C28H27NO6/c1-31-25-10-7-19(15-26(25)32-2)14-20(30)13-18-5-8-21(9-6-18)35-24-11-12-29-23-17-28(34-4)27(33-3)16-22(23)24/h5-12,15-17H,13-14H2,1-4H3. The second-order valence-electron chi connectivity index (χ2n) is 7.86. The van der Waals surface area contributed by atoms with Crippen LogP contribution in [-0.2, 0) is 17.6 Å². The number of Topliss-reactive ketones (excluding diaryl/α,β-unsaturated/α-hetero) is 1. The van der Waals surface area contributed by atoms with Gasteiger partial charge in [0.1, 0.15) is 17.3 Å². The van der Waals surface area contributed by atoms with Crippen LogP contribution in [0.25, 0.3) is 10.9 Å². The second kappa shape index (κ2) is 10.8. The molecule has 7 nitrogen and oxygen atoms in total. The molecule has 180 valence electrons. The Morgan fingerprint density at radius 2 is 1.26 bits per heavy atom. The predicted molar refractivity (Wildman–Crippen MR) is 133 cm³/mol. The number of fused-ring (bicyclic) bond motifs is 1. The molecule has 0 radical (unpaired) electrons. The summed E-state index contributed by atoms with van der Waals surface area (Å²) in [6, 6.07) is 18.5. The number of pyridine rings is 1. The van der Waals surface area contributed by atoms with Crippen molar-refractivity contribution in [3.05, 3.63) is 78.0 Å². The van der Waals surface area contributed by atoms with E-state index < -0.39 is 0 Å². The predicted octanol–water partition coefficient (Wildman–Crippen LogP) is 5.42. The summed E-state index contributed by atoms with van der Waals surface area (Å²) < 4.78 is 27.5. The van der Waals surface area contributed by atoms with Gasteiger partial charge < -0.3 is 23.7 Å². The Morgan fingerprint density at radius 3 is 1.94 bits per heavy atom. The van der Waals surface area contributed by atoms with Gasteiger partial charge in [-0.3, -0.25) is 9.78 Å². The molecule has 3 aromatic carbocycles. The first-order valence-corrected chi connectivity index (χ1v) is 11.0. The molecule has 35 heavy (non-hydrogen) atoms. The Kier molecular flexibility index (Phi) is 7.35. The fourth-order valence-corrected chi connectivity index (χ4v) is 3.85. The van der Waals surface area contributed by atoms with E-state index in [0.717, 1.165) is 22.0 Å². The van der Waals surface area contributed by atoms with Gasteiger partial charge in [0.05, 0.1) is 34.0 Å². The molecule has 4 rings (SSSR count). The van der Waals surface area contributed by atoms with Crippen molar-refractivity contribution >= 4 is 16.7 Å². The number of benzene rings is 3. The highest BCUT2D eigenvalue weighted by Crippen LogP contribution is 2.37. The Morgan fingerprint density at radius 1 is 0.657 bits per heavy atom. The maximum Gasteiger partial charge on any atom is 0.162 e. The number of ether oxygens (including phenoxy) is 5. The molecule has 0 spiro atoms. The van der Waals surface area contributed by atoms with Gasteiger partial charge >= 0.3 is 0 Å². The summed E-state index contributed by atoms with van der Waals surface area (Å²) in [5.74, 6) is 3.86. The van der Waals surface area contributed by atoms with E-state index in [1.54, 1.807) is 40.7 Å².